The lowest BCUT2D eigenvalue weighted by atomic mass is 10.2. The Balaban J connectivity index is 1.90. The molecule has 1 aliphatic heterocycles. The van der Waals surface area contributed by atoms with E-state index >= 15 is 0 Å². The van der Waals surface area contributed by atoms with Gasteiger partial charge in [0, 0.05) is 23.0 Å². The first-order valence-electron chi connectivity index (χ1n) is 7.60. The zero-order valence-corrected chi connectivity index (χ0v) is 14.4. The smallest absolute Gasteiger partial charge is 0.289 e. The fraction of sp³-hybridized carbons (Fsp3) is 0.438. The summed E-state index contributed by atoms with van der Waals surface area (Å²) in [5.41, 5.74) is 0.591. The number of sulfone groups is 1. The number of rotatable bonds is 4. The number of hydrogen-bond donors (Lipinski definition) is 0. The van der Waals surface area contributed by atoms with Crippen LogP contribution in [-0.2, 0) is 9.84 Å². The fourth-order valence-corrected chi connectivity index (χ4v) is 4.88. The number of nitrogens with zero attached hydrogens (tertiary/aromatic N) is 1. The molecule has 0 bridgehead atoms. The van der Waals surface area contributed by atoms with Gasteiger partial charge in [-0.15, -0.1) is 0 Å². The summed E-state index contributed by atoms with van der Waals surface area (Å²) in [7, 11) is -3.05. The van der Waals surface area contributed by atoms with Crippen molar-refractivity contribution in [3.63, 3.8) is 0 Å². The van der Waals surface area contributed by atoms with Crippen LogP contribution in [0, 0.1) is 0 Å². The van der Waals surface area contributed by atoms with Crippen LogP contribution in [0.3, 0.4) is 0 Å². The molecule has 1 atom stereocenters. The maximum atomic E-state index is 12.8. The summed E-state index contributed by atoms with van der Waals surface area (Å²) < 4.78 is 29.0. The first-order chi connectivity index (χ1) is 10.9. The van der Waals surface area contributed by atoms with Gasteiger partial charge in [0.15, 0.2) is 15.6 Å². The van der Waals surface area contributed by atoms with E-state index in [0.29, 0.717) is 23.6 Å². The Labute approximate surface area is 140 Å². The van der Waals surface area contributed by atoms with Crippen LogP contribution in [0.1, 0.15) is 30.3 Å². The monoisotopic (exact) mass is 355 g/mol. The molecule has 0 radical (unpaired) electrons. The molecule has 1 unspecified atom stereocenters. The molecule has 7 heteroatoms. The number of halogens is 1. The molecule has 0 aliphatic carbocycles. The maximum Gasteiger partial charge on any atom is 0.289 e. The van der Waals surface area contributed by atoms with Gasteiger partial charge in [0.1, 0.15) is 5.58 Å². The maximum absolute atomic E-state index is 12.8. The van der Waals surface area contributed by atoms with Gasteiger partial charge >= 0.3 is 0 Å². The second-order valence-electron chi connectivity index (χ2n) is 5.85. The van der Waals surface area contributed by atoms with Crippen LogP contribution in [0.4, 0.5) is 0 Å². The van der Waals surface area contributed by atoms with Crippen molar-refractivity contribution in [2.24, 2.45) is 0 Å². The molecule has 1 aromatic carbocycles. The Morgan fingerprint density at radius 3 is 2.83 bits per heavy atom. The van der Waals surface area contributed by atoms with E-state index in [1.165, 1.54) is 0 Å². The van der Waals surface area contributed by atoms with Crippen LogP contribution in [0.25, 0.3) is 11.0 Å². The standard InChI is InChI=1S/C16H18ClNO4S/c1-2-6-18(13-5-7-23(20,21)10-13)16(19)15-9-11-8-12(17)3-4-14(11)22-15/h3-4,8-9,13H,2,5-7,10H2,1H3. The molecular weight excluding hydrogens is 338 g/mol. The average molecular weight is 356 g/mol. The van der Waals surface area contributed by atoms with E-state index in [2.05, 4.69) is 0 Å². The number of carbonyl (C=O) groups is 1. The second-order valence-corrected chi connectivity index (χ2v) is 8.51. The highest BCUT2D eigenvalue weighted by atomic mass is 35.5. The first-order valence-corrected chi connectivity index (χ1v) is 9.80. The molecule has 23 heavy (non-hydrogen) atoms. The van der Waals surface area contributed by atoms with Gasteiger partial charge in [-0.1, -0.05) is 18.5 Å². The highest BCUT2D eigenvalue weighted by Gasteiger charge is 2.35. The van der Waals surface area contributed by atoms with Crippen molar-refractivity contribution < 1.29 is 17.6 Å². The van der Waals surface area contributed by atoms with Crippen molar-refractivity contribution in [2.75, 3.05) is 18.1 Å². The Morgan fingerprint density at radius 1 is 1.39 bits per heavy atom. The van der Waals surface area contributed by atoms with Gasteiger partial charge < -0.3 is 9.32 Å². The third kappa shape index (κ3) is 3.38. The lowest BCUT2D eigenvalue weighted by molar-refractivity contribution is 0.0667. The van der Waals surface area contributed by atoms with Crippen molar-refractivity contribution in [1.82, 2.24) is 4.90 Å². The molecule has 1 aliphatic rings. The van der Waals surface area contributed by atoms with Crippen molar-refractivity contribution in [2.45, 2.75) is 25.8 Å². The number of furan rings is 1. The molecule has 2 aromatic rings. The highest BCUT2D eigenvalue weighted by Crippen LogP contribution is 2.26. The minimum Gasteiger partial charge on any atom is -0.451 e. The molecule has 124 valence electrons. The van der Waals surface area contributed by atoms with Crippen molar-refractivity contribution in [1.29, 1.82) is 0 Å². The molecular formula is C16H18ClNO4S. The van der Waals surface area contributed by atoms with Crippen LogP contribution in [0.2, 0.25) is 5.02 Å². The average Bonchev–Trinajstić information content (AvgIpc) is 3.06. The van der Waals surface area contributed by atoms with E-state index in [1.807, 2.05) is 6.92 Å². The third-order valence-corrected chi connectivity index (χ3v) is 6.05. The summed E-state index contributed by atoms with van der Waals surface area (Å²) in [6.07, 6.45) is 1.24. The zero-order chi connectivity index (χ0) is 16.6. The van der Waals surface area contributed by atoms with Gasteiger partial charge in [-0.05, 0) is 37.1 Å². The highest BCUT2D eigenvalue weighted by molar-refractivity contribution is 7.91. The van der Waals surface area contributed by atoms with Crippen LogP contribution in [0.15, 0.2) is 28.7 Å². The van der Waals surface area contributed by atoms with Gasteiger partial charge in [-0.2, -0.15) is 0 Å². The summed E-state index contributed by atoms with van der Waals surface area (Å²) in [6.45, 7) is 2.47. The lowest BCUT2D eigenvalue weighted by Crippen LogP contribution is -2.41. The molecule has 1 fully saturated rings. The minimum atomic E-state index is -3.05. The van der Waals surface area contributed by atoms with Crippen molar-refractivity contribution in [3.8, 4) is 0 Å². The Morgan fingerprint density at radius 2 is 2.17 bits per heavy atom. The van der Waals surface area contributed by atoms with Crippen molar-refractivity contribution in [3.05, 3.63) is 35.0 Å². The quantitative estimate of drug-likeness (QED) is 0.845. The predicted molar refractivity (Wildman–Crippen MR) is 89.6 cm³/mol. The summed E-state index contributed by atoms with van der Waals surface area (Å²) in [5, 5.41) is 1.33. The number of fused-ring (bicyclic) bond motifs is 1. The van der Waals surface area contributed by atoms with E-state index in [1.54, 1.807) is 29.2 Å². The third-order valence-electron chi connectivity index (χ3n) is 4.06. The van der Waals surface area contributed by atoms with E-state index in [4.69, 9.17) is 16.0 Å². The number of amides is 1. The van der Waals surface area contributed by atoms with Crippen LogP contribution in [-0.4, -0.2) is 43.3 Å². The molecule has 2 heterocycles. The number of benzene rings is 1. The van der Waals surface area contributed by atoms with Gasteiger partial charge in [-0.3, -0.25) is 4.79 Å². The van der Waals surface area contributed by atoms with Crippen LogP contribution in [0.5, 0.6) is 0 Å². The summed E-state index contributed by atoms with van der Waals surface area (Å²) >= 11 is 5.95. The zero-order valence-electron chi connectivity index (χ0n) is 12.8. The van der Waals surface area contributed by atoms with Crippen LogP contribution < -0.4 is 0 Å². The van der Waals surface area contributed by atoms with E-state index in [9.17, 15) is 13.2 Å². The number of carbonyl (C=O) groups excluding carboxylic acids is 1. The summed E-state index contributed by atoms with van der Waals surface area (Å²) in [5.74, 6) is 0.132. The molecule has 5 nitrogen and oxygen atoms in total. The summed E-state index contributed by atoms with van der Waals surface area (Å²) in [6, 6.07) is 6.55. The SMILES string of the molecule is CCCN(C(=O)c1cc2cc(Cl)ccc2o1)C1CCS(=O)(=O)C1. The lowest BCUT2D eigenvalue weighted by Gasteiger charge is -2.26. The Kier molecular flexibility index (Phi) is 4.38. The van der Waals surface area contributed by atoms with E-state index in [-0.39, 0.29) is 29.2 Å². The second kappa shape index (κ2) is 6.17. The van der Waals surface area contributed by atoms with Gasteiger partial charge in [-0.25, -0.2) is 8.42 Å². The summed E-state index contributed by atoms with van der Waals surface area (Å²) in [4.78, 5) is 14.4. The largest absolute Gasteiger partial charge is 0.451 e. The minimum absolute atomic E-state index is 0.0325. The van der Waals surface area contributed by atoms with E-state index < -0.39 is 9.84 Å². The van der Waals surface area contributed by atoms with Gasteiger partial charge in [0.05, 0.1) is 11.5 Å². The molecule has 3 rings (SSSR count). The molecule has 1 aromatic heterocycles. The van der Waals surface area contributed by atoms with Crippen molar-refractivity contribution >= 4 is 38.3 Å². The van der Waals surface area contributed by atoms with E-state index in [0.717, 1.165) is 11.8 Å². The topological polar surface area (TPSA) is 67.6 Å². The molecule has 0 saturated carbocycles. The molecule has 1 amide bonds. The van der Waals surface area contributed by atoms with Gasteiger partial charge in [0.2, 0.25) is 0 Å². The predicted octanol–water partition coefficient (Wildman–Crippen LogP) is 3.13. The molecule has 1 saturated heterocycles. The van der Waals surface area contributed by atoms with Gasteiger partial charge in [0.25, 0.3) is 5.91 Å². The molecule has 0 spiro atoms. The Bertz CT molecular complexity index is 843. The number of hydrogen-bond acceptors (Lipinski definition) is 4. The molecule has 0 N–H and O–H groups in total. The first kappa shape index (κ1) is 16.3. The fourth-order valence-electron chi connectivity index (χ4n) is 2.97. The Hall–Kier alpha value is -1.53. The normalized spacial score (nSPS) is 20.0. The van der Waals surface area contributed by atoms with Crippen LogP contribution >= 0.6 is 11.6 Å².